The molecule has 17 heavy (non-hydrogen) atoms. The van der Waals surface area contributed by atoms with Crippen LogP contribution in [0.15, 0.2) is 12.4 Å². The Labute approximate surface area is 104 Å². The molecule has 0 fully saturated rings. The molecule has 0 aliphatic rings. The summed E-state index contributed by atoms with van der Waals surface area (Å²) in [5.41, 5.74) is 6.20. The van der Waals surface area contributed by atoms with Crippen LogP contribution in [0.5, 0.6) is 0 Å². The Morgan fingerprint density at radius 3 is 2.65 bits per heavy atom. The number of nitrogens with two attached hydrogens (primary N) is 1. The highest BCUT2D eigenvalue weighted by Gasteiger charge is 2.18. The molecule has 0 aliphatic carbocycles. The highest BCUT2D eigenvalue weighted by molar-refractivity contribution is 6.29. The molecule has 2 aromatic rings. The van der Waals surface area contributed by atoms with Gasteiger partial charge in [-0.1, -0.05) is 16.8 Å². The molecular formula is C10H15ClN6. The van der Waals surface area contributed by atoms with Crippen molar-refractivity contribution in [2.45, 2.75) is 25.9 Å². The summed E-state index contributed by atoms with van der Waals surface area (Å²) < 4.78 is 3.50. The molecule has 2 heterocycles. The van der Waals surface area contributed by atoms with Crippen molar-refractivity contribution in [2.75, 3.05) is 0 Å². The van der Waals surface area contributed by atoms with Crippen molar-refractivity contribution in [3.05, 3.63) is 29.1 Å². The second-order valence-electron chi connectivity index (χ2n) is 4.58. The largest absolute Gasteiger partial charge is 0.321 e. The smallest absolute Gasteiger partial charge is 0.131 e. The molecule has 0 unspecified atom stereocenters. The van der Waals surface area contributed by atoms with Gasteiger partial charge in [-0.3, -0.25) is 0 Å². The number of halogens is 1. The minimum Gasteiger partial charge on any atom is -0.321 e. The van der Waals surface area contributed by atoms with Crippen LogP contribution in [0.3, 0.4) is 0 Å². The van der Waals surface area contributed by atoms with Gasteiger partial charge in [-0.05, 0) is 13.8 Å². The number of rotatable bonds is 3. The van der Waals surface area contributed by atoms with Crippen LogP contribution >= 0.6 is 11.6 Å². The average Bonchev–Trinajstić information content (AvgIpc) is 2.80. The highest BCUT2D eigenvalue weighted by atomic mass is 35.5. The van der Waals surface area contributed by atoms with Crippen molar-refractivity contribution in [1.29, 1.82) is 0 Å². The fourth-order valence-electron chi connectivity index (χ4n) is 1.39. The van der Waals surface area contributed by atoms with Crippen molar-refractivity contribution in [3.63, 3.8) is 0 Å². The first-order chi connectivity index (χ1) is 7.88. The van der Waals surface area contributed by atoms with Crippen LogP contribution in [0, 0.1) is 0 Å². The van der Waals surface area contributed by atoms with Gasteiger partial charge in [0.25, 0.3) is 0 Å². The van der Waals surface area contributed by atoms with Crippen LogP contribution in [-0.4, -0.2) is 24.5 Å². The molecule has 0 radical (unpaired) electrons. The van der Waals surface area contributed by atoms with Gasteiger partial charge >= 0.3 is 0 Å². The molecule has 6 nitrogen and oxygen atoms in total. The van der Waals surface area contributed by atoms with E-state index in [1.165, 1.54) is 0 Å². The maximum Gasteiger partial charge on any atom is 0.131 e. The summed E-state index contributed by atoms with van der Waals surface area (Å²) in [5.74, 6) is 0.821. The van der Waals surface area contributed by atoms with Crippen molar-refractivity contribution in [3.8, 4) is 0 Å². The molecule has 2 N–H and O–H groups in total. The molecule has 2 aromatic heterocycles. The van der Waals surface area contributed by atoms with E-state index < -0.39 is 5.54 Å². The van der Waals surface area contributed by atoms with E-state index in [9.17, 15) is 0 Å². The van der Waals surface area contributed by atoms with E-state index in [1.54, 1.807) is 15.4 Å². The Hall–Kier alpha value is -1.40. The van der Waals surface area contributed by atoms with Crippen LogP contribution < -0.4 is 5.73 Å². The van der Waals surface area contributed by atoms with Gasteiger partial charge in [0.1, 0.15) is 23.2 Å². The molecule has 0 aromatic carbocycles. The summed E-state index contributed by atoms with van der Waals surface area (Å²) in [6.45, 7) is 4.30. The zero-order valence-electron chi connectivity index (χ0n) is 10.1. The topological polar surface area (TPSA) is 74.5 Å². The third kappa shape index (κ3) is 2.48. The predicted octanol–water partition coefficient (Wildman–Crippen LogP) is 0.907. The second-order valence-corrected chi connectivity index (χ2v) is 4.97. The van der Waals surface area contributed by atoms with Crippen molar-refractivity contribution >= 4 is 11.6 Å². The number of imidazole rings is 1. The van der Waals surface area contributed by atoms with Crippen LogP contribution in [0.4, 0.5) is 0 Å². The van der Waals surface area contributed by atoms with Crippen molar-refractivity contribution in [2.24, 2.45) is 12.8 Å². The maximum absolute atomic E-state index is 5.94. The van der Waals surface area contributed by atoms with E-state index in [0.717, 1.165) is 11.5 Å². The standard InChI is InChI=1S/C10H15ClN6/c1-10(2,12)7-5-17(15-14-7)6-9-13-4-8(11)16(9)3/h4-5H,6,12H2,1-3H3. The minimum atomic E-state index is -0.489. The van der Waals surface area contributed by atoms with Gasteiger partial charge in [0.15, 0.2) is 0 Å². The monoisotopic (exact) mass is 254 g/mol. The zero-order valence-corrected chi connectivity index (χ0v) is 10.8. The van der Waals surface area contributed by atoms with Crippen LogP contribution in [0.2, 0.25) is 5.15 Å². The number of hydrogen-bond acceptors (Lipinski definition) is 4. The number of aromatic nitrogens is 5. The average molecular weight is 255 g/mol. The Balaban J connectivity index is 2.20. The van der Waals surface area contributed by atoms with Crippen molar-refractivity contribution < 1.29 is 0 Å². The lowest BCUT2D eigenvalue weighted by Crippen LogP contribution is -2.29. The Kier molecular flexibility index (Phi) is 2.92. The first kappa shape index (κ1) is 12.1. The van der Waals surface area contributed by atoms with Crippen LogP contribution in [0.25, 0.3) is 0 Å². The van der Waals surface area contributed by atoms with E-state index in [1.807, 2.05) is 27.1 Å². The van der Waals surface area contributed by atoms with Crippen molar-refractivity contribution in [1.82, 2.24) is 24.5 Å². The van der Waals surface area contributed by atoms with E-state index in [-0.39, 0.29) is 0 Å². The Morgan fingerprint density at radius 2 is 2.18 bits per heavy atom. The highest BCUT2D eigenvalue weighted by Crippen LogP contribution is 2.14. The molecular weight excluding hydrogens is 240 g/mol. The van der Waals surface area contributed by atoms with Gasteiger partial charge in [0.2, 0.25) is 0 Å². The fraction of sp³-hybridized carbons (Fsp3) is 0.500. The quantitative estimate of drug-likeness (QED) is 0.883. The van der Waals surface area contributed by atoms with E-state index in [0.29, 0.717) is 11.7 Å². The van der Waals surface area contributed by atoms with E-state index in [2.05, 4.69) is 15.3 Å². The van der Waals surface area contributed by atoms with Gasteiger partial charge in [-0.25, -0.2) is 9.67 Å². The molecule has 2 rings (SSSR count). The Bertz CT molecular complexity index is 521. The van der Waals surface area contributed by atoms with Crippen LogP contribution in [0.1, 0.15) is 25.4 Å². The molecule has 0 saturated carbocycles. The maximum atomic E-state index is 5.94. The van der Waals surface area contributed by atoms with Gasteiger partial charge < -0.3 is 10.3 Å². The van der Waals surface area contributed by atoms with Gasteiger partial charge in [-0.15, -0.1) is 5.10 Å². The summed E-state index contributed by atoms with van der Waals surface area (Å²) in [6.07, 6.45) is 3.43. The first-order valence-corrected chi connectivity index (χ1v) is 5.61. The minimum absolute atomic E-state index is 0.489. The molecule has 0 bridgehead atoms. The first-order valence-electron chi connectivity index (χ1n) is 5.23. The lowest BCUT2D eigenvalue weighted by atomic mass is 10.0. The third-order valence-electron chi connectivity index (χ3n) is 2.53. The molecule has 0 spiro atoms. The molecule has 0 saturated heterocycles. The fourth-order valence-corrected chi connectivity index (χ4v) is 1.53. The predicted molar refractivity (Wildman–Crippen MR) is 64.6 cm³/mol. The Morgan fingerprint density at radius 1 is 1.47 bits per heavy atom. The van der Waals surface area contributed by atoms with Crippen LogP contribution in [-0.2, 0) is 19.1 Å². The summed E-state index contributed by atoms with van der Waals surface area (Å²) in [4.78, 5) is 4.19. The lowest BCUT2D eigenvalue weighted by molar-refractivity contribution is 0.533. The molecule has 0 amide bonds. The lowest BCUT2D eigenvalue weighted by Gasteiger charge is -2.13. The molecule has 0 aliphatic heterocycles. The summed E-state index contributed by atoms with van der Waals surface area (Å²) in [7, 11) is 1.86. The number of hydrogen-bond donors (Lipinski definition) is 1. The molecule has 7 heteroatoms. The van der Waals surface area contributed by atoms with E-state index in [4.69, 9.17) is 17.3 Å². The second kappa shape index (κ2) is 4.12. The molecule has 0 atom stereocenters. The van der Waals surface area contributed by atoms with E-state index >= 15 is 0 Å². The SMILES string of the molecule is Cn1c(Cl)cnc1Cn1cc(C(C)(C)N)nn1. The molecule has 92 valence electrons. The normalized spacial score (nSPS) is 12.1. The van der Waals surface area contributed by atoms with Gasteiger partial charge in [0.05, 0.1) is 17.9 Å². The summed E-state index contributed by atoms with van der Waals surface area (Å²) in [6, 6.07) is 0. The zero-order chi connectivity index (χ0) is 12.6. The van der Waals surface area contributed by atoms with Gasteiger partial charge in [-0.2, -0.15) is 0 Å². The third-order valence-corrected chi connectivity index (χ3v) is 2.88. The van der Waals surface area contributed by atoms with Gasteiger partial charge in [0, 0.05) is 7.05 Å². The summed E-state index contributed by atoms with van der Waals surface area (Å²) in [5, 5.41) is 8.65. The summed E-state index contributed by atoms with van der Waals surface area (Å²) >= 11 is 5.91. The number of nitrogens with zero attached hydrogens (tertiary/aromatic N) is 5.